The summed E-state index contributed by atoms with van der Waals surface area (Å²) in [6.07, 6.45) is 9.55. The van der Waals surface area contributed by atoms with Crippen LogP contribution < -0.4 is 0 Å². The van der Waals surface area contributed by atoms with Crippen molar-refractivity contribution >= 4 is 6.29 Å². The fraction of sp³-hybridized carbons (Fsp3) is 0.438. The average molecular weight is 230 g/mol. The zero-order chi connectivity index (χ0) is 12.3. The number of unbranched alkanes of at least 4 members (excludes halogenated alkanes) is 2. The molecule has 0 saturated heterocycles. The lowest BCUT2D eigenvalue weighted by Crippen LogP contribution is -1.85. The number of rotatable bonds is 8. The van der Waals surface area contributed by atoms with Gasteiger partial charge in [0.1, 0.15) is 6.29 Å². The zero-order valence-electron chi connectivity index (χ0n) is 10.7. The van der Waals surface area contributed by atoms with E-state index in [2.05, 4.69) is 43.3 Å². The van der Waals surface area contributed by atoms with Crippen LogP contribution in [0.1, 0.15) is 44.6 Å². The van der Waals surface area contributed by atoms with Gasteiger partial charge in [0, 0.05) is 6.42 Å². The van der Waals surface area contributed by atoms with Crippen molar-refractivity contribution in [2.45, 2.75) is 45.4 Å². The highest BCUT2D eigenvalue weighted by Crippen LogP contribution is 2.10. The van der Waals surface area contributed by atoms with E-state index in [1.54, 1.807) is 0 Å². The quantitative estimate of drug-likeness (QED) is 0.369. The predicted molar refractivity (Wildman–Crippen MR) is 73.1 cm³/mol. The van der Waals surface area contributed by atoms with E-state index in [-0.39, 0.29) is 0 Å². The number of aldehydes is 1. The summed E-state index contributed by atoms with van der Waals surface area (Å²) in [5.41, 5.74) is 2.83. The van der Waals surface area contributed by atoms with E-state index < -0.39 is 0 Å². The SMILES string of the molecule is C/C(=C\CCCc1ccccc1)CCCC=O. The van der Waals surface area contributed by atoms with Gasteiger partial charge >= 0.3 is 0 Å². The lowest BCUT2D eigenvalue weighted by molar-refractivity contribution is -0.107. The molecule has 0 atom stereocenters. The molecule has 0 N–H and O–H groups in total. The van der Waals surface area contributed by atoms with Crippen molar-refractivity contribution in [1.82, 2.24) is 0 Å². The minimum Gasteiger partial charge on any atom is -0.303 e. The Morgan fingerprint density at radius 1 is 1.12 bits per heavy atom. The smallest absolute Gasteiger partial charge is 0.120 e. The average Bonchev–Trinajstić information content (AvgIpc) is 2.36. The second-order valence-electron chi connectivity index (χ2n) is 4.49. The molecule has 1 nitrogen and oxygen atoms in total. The highest BCUT2D eigenvalue weighted by atomic mass is 16.1. The third-order valence-corrected chi connectivity index (χ3v) is 2.90. The van der Waals surface area contributed by atoms with Crippen LogP contribution in [0.2, 0.25) is 0 Å². The van der Waals surface area contributed by atoms with Gasteiger partial charge in [-0.25, -0.2) is 0 Å². The molecule has 92 valence electrons. The van der Waals surface area contributed by atoms with Crippen molar-refractivity contribution in [3.05, 3.63) is 47.5 Å². The molecule has 0 aromatic heterocycles. The molecule has 0 amide bonds. The van der Waals surface area contributed by atoms with Crippen LogP contribution in [0.25, 0.3) is 0 Å². The summed E-state index contributed by atoms with van der Waals surface area (Å²) in [6.45, 7) is 2.16. The molecule has 1 heteroatoms. The molecular formula is C16H22O. The standard InChI is InChI=1S/C16H22O/c1-15(10-7-8-14-17)9-5-6-13-16-11-3-2-4-12-16/h2-4,9,11-12,14H,5-8,10,13H2,1H3/b15-9+. The monoisotopic (exact) mass is 230 g/mol. The molecule has 0 unspecified atom stereocenters. The molecule has 0 spiro atoms. The summed E-state index contributed by atoms with van der Waals surface area (Å²) in [4.78, 5) is 10.2. The summed E-state index contributed by atoms with van der Waals surface area (Å²) in [7, 11) is 0. The normalized spacial score (nSPS) is 11.5. The minimum absolute atomic E-state index is 0.690. The molecule has 0 aliphatic heterocycles. The second-order valence-corrected chi connectivity index (χ2v) is 4.49. The fourth-order valence-electron chi connectivity index (χ4n) is 1.87. The molecule has 0 saturated carbocycles. The van der Waals surface area contributed by atoms with Gasteiger partial charge < -0.3 is 4.79 Å². The molecule has 17 heavy (non-hydrogen) atoms. The lowest BCUT2D eigenvalue weighted by Gasteiger charge is -2.01. The molecule has 0 radical (unpaired) electrons. The molecule has 0 heterocycles. The van der Waals surface area contributed by atoms with Crippen LogP contribution in [-0.2, 0) is 11.2 Å². The number of aryl methyl sites for hydroxylation is 1. The van der Waals surface area contributed by atoms with E-state index in [4.69, 9.17) is 0 Å². The van der Waals surface area contributed by atoms with Gasteiger partial charge in [0.15, 0.2) is 0 Å². The Kier molecular flexibility index (Phi) is 7.04. The van der Waals surface area contributed by atoms with Crippen molar-refractivity contribution in [3.8, 4) is 0 Å². The maximum atomic E-state index is 10.2. The van der Waals surface area contributed by atoms with Crippen LogP contribution in [0.15, 0.2) is 42.0 Å². The van der Waals surface area contributed by atoms with Crippen LogP contribution in [0.4, 0.5) is 0 Å². The summed E-state index contributed by atoms with van der Waals surface area (Å²) >= 11 is 0. The molecule has 0 fully saturated rings. The van der Waals surface area contributed by atoms with E-state index in [0.29, 0.717) is 6.42 Å². The largest absolute Gasteiger partial charge is 0.303 e. The summed E-state index contributed by atoms with van der Waals surface area (Å²) in [6, 6.07) is 10.6. The first kappa shape index (κ1) is 13.7. The molecule has 0 aliphatic rings. The molecule has 0 aliphatic carbocycles. The van der Waals surface area contributed by atoms with E-state index in [1.807, 2.05) is 0 Å². The Labute approximate surface area is 105 Å². The first-order valence-corrected chi connectivity index (χ1v) is 6.46. The number of hydrogen-bond acceptors (Lipinski definition) is 1. The molecule has 1 rings (SSSR count). The maximum absolute atomic E-state index is 10.2. The van der Waals surface area contributed by atoms with Gasteiger partial charge in [-0.15, -0.1) is 0 Å². The number of benzene rings is 1. The third kappa shape index (κ3) is 6.72. The van der Waals surface area contributed by atoms with Crippen LogP contribution >= 0.6 is 0 Å². The third-order valence-electron chi connectivity index (χ3n) is 2.90. The van der Waals surface area contributed by atoms with Crippen LogP contribution in [0.5, 0.6) is 0 Å². The second kappa shape index (κ2) is 8.74. The Bertz CT molecular complexity index is 338. The predicted octanol–water partition coefficient (Wildman–Crippen LogP) is 4.32. The Balaban J connectivity index is 2.14. The van der Waals surface area contributed by atoms with Gasteiger partial charge in [-0.2, -0.15) is 0 Å². The van der Waals surface area contributed by atoms with Crippen LogP contribution in [0.3, 0.4) is 0 Å². The van der Waals surface area contributed by atoms with E-state index >= 15 is 0 Å². The van der Waals surface area contributed by atoms with Gasteiger partial charge in [0.05, 0.1) is 0 Å². The highest BCUT2D eigenvalue weighted by Gasteiger charge is 1.93. The van der Waals surface area contributed by atoms with Gasteiger partial charge in [-0.3, -0.25) is 0 Å². The van der Waals surface area contributed by atoms with Crippen molar-refractivity contribution in [2.24, 2.45) is 0 Å². The van der Waals surface area contributed by atoms with Crippen LogP contribution in [0, 0.1) is 0 Å². The summed E-state index contributed by atoms with van der Waals surface area (Å²) < 4.78 is 0. The van der Waals surface area contributed by atoms with Gasteiger partial charge in [-0.1, -0.05) is 42.0 Å². The topological polar surface area (TPSA) is 17.1 Å². The number of hydrogen-bond donors (Lipinski definition) is 0. The lowest BCUT2D eigenvalue weighted by atomic mass is 10.1. The first-order valence-electron chi connectivity index (χ1n) is 6.46. The van der Waals surface area contributed by atoms with E-state index in [1.165, 1.54) is 17.6 Å². The number of carbonyl (C=O) groups excluding carboxylic acids is 1. The number of allylic oxidation sites excluding steroid dienone is 2. The first-order chi connectivity index (χ1) is 8.33. The summed E-state index contributed by atoms with van der Waals surface area (Å²) in [5.74, 6) is 0. The highest BCUT2D eigenvalue weighted by molar-refractivity contribution is 5.49. The molecular weight excluding hydrogens is 208 g/mol. The fourth-order valence-corrected chi connectivity index (χ4v) is 1.87. The van der Waals surface area contributed by atoms with Crippen molar-refractivity contribution in [2.75, 3.05) is 0 Å². The zero-order valence-corrected chi connectivity index (χ0v) is 10.7. The minimum atomic E-state index is 0.690. The van der Waals surface area contributed by atoms with Crippen molar-refractivity contribution in [3.63, 3.8) is 0 Å². The number of carbonyl (C=O) groups is 1. The molecule has 1 aromatic rings. The van der Waals surface area contributed by atoms with Gasteiger partial charge in [0.2, 0.25) is 0 Å². The summed E-state index contributed by atoms with van der Waals surface area (Å²) in [5, 5.41) is 0. The molecule has 1 aromatic carbocycles. The Hall–Kier alpha value is -1.37. The van der Waals surface area contributed by atoms with E-state index in [9.17, 15) is 4.79 Å². The Morgan fingerprint density at radius 2 is 1.88 bits per heavy atom. The Morgan fingerprint density at radius 3 is 2.59 bits per heavy atom. The van der Waals surface area contributed by atoms with Crippen molar-refractivity contribution in [1.29, 1.82) is 0 Å². The van der Waals surface area contributed by atoms with Gasteiger partial charge in [-0.05, 0) is 44.6 Å². The molecule has 0 bridgehead atoms. The van der Waals surface area contributed by atoms with E-state index in [0.717, 1.165) is 32.0 Å². The van der Waals surface area contributed by atoms with Gasteiger partial charge in [0.25, 0.3) is 0 Å². The van der Waals surface area contributed by atoms with Crippen LogP contribution in [-0.4, -0.2) is 6.29 Å². The van der Waals surface area contributed by atoms with Crippen molar-refractivity contribution < 1.29 is 4.79 Å². The maximum Gasteiger partial charge on any atom is 0.120 e.